The number of rotatable bonds is 5. The number of allylic oxidation sites excluding steroid dienone is 2. The normalized spacial score (nSPS) is 31.6. The van der Waals surface area contributed by atoms with Crippen LogP contribution in [0.25, 0.3) is 0 Å². The van der Waals surface area contributed by atoms with Crippen LogP contribution in [0.4, 0.5) is 0 Å². The fourth-order valence-corrected chi connectivity index (χ4v) is 3.74. The second-order valence-corrected chi connectivity index (χ2v) is 7.32. The van der Waals surface area contributed by atoms with E-state index >= 15 is 0 Å². The second-order valence-electron chi connectivity index (χ2n) is 6.85. The van der Waals surface area contributed by atoms with Gasteiger partial charge in [-0.3, -0.25) is 4.79 Å². The Morgan fingerprint density at radius 3 is 2.65 bits per heavy atom. The molecule has 0 aromatic heterocycles. The molecule has 1 saturated carbocycles. The molecule has 4 atom stereocenters. The SMILES string of the molecule is CCN(CC1CC1)C(=O)C(Cl)C1C=C(C)CC(C)C1C. The Morgan fingerprint density at radius 2 is 2.10 bits per heavy atom. The summed E-state index contributed by atoms with van der Waals surface area (Å²) in [6, 6.07) is 0. The summed E-state index contributed by atoms with van der Waals surface area (Å²) in [6.45, 7) is 10.4. The molecule has 0 radical (unpaired) electrons. The third kappa shape index (κ3) is 3.58. The van der Waals surface area contributed by atoms with E-state index in [9.17, 15) is 4.79 Å². The number of alkyl halides is 1. The Kier molecular flexibility index (Phi) is 5.17. The van der Waals surface area contributed by atoms with Gasteiger partial charge in [-0.15, -0.1) is 11.6 Å². The van der Waals surface area contributed by atoms with Crippen molar-refractivity contribution in [2.75, 3.05) is 13.1 Å². The molecule has 0 bridgehead atoms. The zero-order valence-corrected chi connectivity index (χ0v) is 14.0. The molecular formula is C17H28ClNO. The minimum atomic E-state index is -0.401. The molecule has 20 heavy (non-hydrogen) atoms. The van der Waals surface area contributed by atoms with Gasteiger partial charge >= 0.3 is 0 Å². The van der Waals surface area contributed by atoms with E-state index in [-0.39, 0.29) is 11.8 Å². The van der Waals surface area contributed by atoms with Gasteiger partial charge in [-0.25, -0.2) is 0 Å². The van der Waals surface area contributed by atoms with Gasteiger partial charge in [0.15, 0.2) is 0 Å². The van der Waals surface area contributed by atoms with E-state index in [1.165, 1.54) is 18.4 Å². The highest BCUT2D eigenvalue weighted by atomic mass is 35.5. The highest BCUT2D eigenvalue weighted by Crippen LogP contribution is 2.38. The molecule has 0 aliphatic heterocycles. The predicted octanol–water partition coefficient (Wildman–Crippen LogP) is 4.09. The van der Waals surface area contributed by atoms with E-state index in [4.69, 9.17) is 11.6 Å². The Hall–Kier alpha value is -0.500. The van der Waals surface area contributed by atoms with E-state index < -0.39 is 5.38 Å². The monoisotopic (exact) mass is 297 g/mol. The Morgan fingerprint density at radius 1 is 1.45 bits per heavy atom. The molecule has 3 heteroatoms. The second kappa shape index (κ2) is 6.51. The number of hydrogen-bond donors (Lipinski definition) is 0. The van der Waals surface area contributed by atoms with Crippen LogP contribution in [-0.4, -0.2) is 29.3 Å². The van der Waals surface area contributed by atoms with Gasteiger partial charge in [-0.2, -0.15) is 0 Å². The molecule has 1 fully saturated rings. The van der Waals surface area contributed by atoms with E-state index in [2.05, 4.69) is 33.8 Å². The van der Waals surface area contributed by atoms with Crippen molar-refractivity contribution < 1.29 is 4.79 Å². The van der Waals surface area contributed by atoms with Crippen LogP contribution in [0.1, 0.15) is 47.0 Å². The standard InChI is InChI=1S/C17H28ClNO/c1-5-19(10-14-6-7-14)17(20)16(18)15-9-11(2)8-12(3)13(15)4/h9,12-16H,5-8,10H2,1-4H3. The minimum absolute atomic E-state index is 0.135. The van der Waals surface area contributed by atoms with Crippen LogP contribution in [0.3, 0.4) is 0 Å². The molecular weight excluding hydrogens is 270 g/mol. The number of amides is 1. The molecule has 1 amide bonds. The van der Waals surface area contributed by atoms with E-state index in [1.54, 1.807) is 0 Å². The third-order valence-corrected chi connectivity index (χ3v) is 5.55. The lowest BCUT2D eigenvalue weighted by Crippen LogP contribution is -2.43. The maximum Gasteiger partial charge on any atom is 0.241 e. The Balaban J connectivity index is 2.05. The first-order chi connectivity index (χ1) is 9.43. The summed E-state index contributed by atoms with van der Waals surface area (Å²) in [4.78, 5) is 14.6. The molecule has 0 aromatic rings. The fourth-order valence-electron chi connectivity index (χ4n) is 3.30. The lowest BCUT2D eigenvalue weighted by molar-refractivity contribution is -0.132. The van der Waals surface area contributed by atoms with Crippen molar-refractivity contribution in [1.29, 1.82) is 0 Å². The largest absolute Gasteiger partial charge is 0.341 e. The zero-order valence-electron chi connectivity index (χ0n) is 13.2. The highest BCUT2D eigenvalue weighted by molar-refractivity contribution is 6.31. The third-order valence-electron chi connectivity index (χ3n) is 5.07. The highest BCUT2D eigenvalue weighted by Gasteiger charge is 2.37. The summed E-state index contributed by atoms with van der Waals surface area (Å²) in [6.07, 6.45) is 5.92. The minimum Gasteiger partial charge on any atom is -0.341 e. The van der Waals surface area contributed by atoms with Crippen molar-refractivity contribution >= 4 is 17.5 Å². The Labute approximate surface area is 128 Å². The van der Waals surface area contributed by atoms with Gasteiger partial charge in [0, 0.05) is 19.0 Å². The first-order valence-corrected chi connectivity index (χ1v) is 8.47. The number of carbonyl (C=O) groups excluding carboxylic acids is 1. The number of carbonyl (C=O) groups is 1. The van der Waals surface area contributed by atoms with Crippen LogP contribution in [0.15, 0.2) is 11.6 Å². The number of hydrogen-bond acceptors (Lipinski definition) is 1. The van der Waals surface area contributed by atoms with Gasteiger partial charge in [-0.1, -0.05) is 25.5 Å². The van der Waals surface area contributed by atoms with Crippen LogP contribution < -0.4 is 0 Å². The summed E-state index contributed by atoms with van der Waals surface area (Å²) >= 11 is 6.58. The maximum absolute atomic E-state index is 12.7. The van der Waals surface area contributed by atoms with Gasteiger partial charge in [0.25, 0.3) is 0 Å². The van der Waals surface area contributed by atoms with Crippen molar-refractivity contribution in [1.82, 2.24) is 4.90 Å². The molecule has 2 rings (SSSR count). The molecule has 2 nitrogen and oxygen atoms in total. The summed E-state index contributed by atoms with van der Waals surface area (Å²) in [5.74, 6) is 2.13. The van der Waals surface area contributed by atoms with Crippen molar-refractivity contribution in [3.05, 3.63) is 11.6 Å². The molecule has 114 valence electrons. The van der Waals surface area contributed by atoms with E-state index in [0.717, 1.165) is 25.4 Å². The summed E-state index contributed by atoms with van der Waals surface area (Å²) in [5.41, 5.74) is 1.38. The maximum atomic E-state index is 12.7. The molecule has 4 unspecified atom stereocenters. The van der Waals surface area contributed by atoms with Crippen LogP contribution >= 0.6 is 11.6 Å². The lowest BCUT2D eigenvalue weighted by atomic mass is 9.73. The van der Waals surface area contributed by atoms with Gasteiger partial charge in [-0.05, 0) is 50.9 Å². The molecule has 0 aromatic carbocycles. The van der Waals surface area contributed by atoms with E-state index in [1.807, 2.05) is 4.90 Å². The Bertz CT molecular complexity index is 388. The predicted molar refractivity (Wildman–Crippen MR) is 84.8 cm³/mol. The quantitative estimate of drug-likeness (QED) is 0.553. The molecule has 0 N–H and O–H groups in total. The summed E-state index contributed by atoms with van der Waals surface area (Å²) in [7, 11) is 0. The van der Waals surface area contributed by atoms with Crippen LogP contribution in [0.5, 0.6) is 0 Å². The lowest BCUT2D eigenvalue weighted by Gasteiger charge is -2.36. The topological polar surface area (TPSA) is 20.3 Å². The summed E-state index contributed by atoms with van der Waals surface area (Å²) in [5, 5.41) is -0.401. The van der Waals surface area contributed by atoms with Gasteiger partial charge in [0.05, 0.1) is 0 Å². The molecule has 2 aliphatic carbocycles. The fraction of sp³-hybridized carbons (Fsp3) is 0.824. The van der Waals surface area contributed by atoms with Crippen LogP contribution in [0.2, 0.25) is 0 Å². The molecule has 0 saturated heterocycles. The van der Waals surface area contributed by atoms with E-state index in [0.29, 0.717) is 11.8 Å². The molecule has 2 aliphatic rings. The number of halogens is 1. The zero-order chi connectivity index (χ0) is 14.9. The molecule has 0 spiro atoms. The van der Waals surface area contributed by atoms with Crippen LogP contribution in [-0.2, 0) is 4.79 Å². The average Bonchev–Trinajstić information content (AvgIpc) is 3.22. The first-order valence-electron chi connectivity index (χ1n) is 8.04. The van der Waals surface area contributed by atoms with Crippen molar-refractivity contribution in [3.8, 4) is 0 Å². The van der Waals surface area contributed by atoms with Gasteiger partial charge < -0.3 is 4.90 Å². The number of nitrogens with zero attached hydrogens (tertiary/aromatic N) is 1. The van der Waals surface area contributed by atoms with Crippen molar-refractivity contribution in [2.45, 2.75) is 52.3 Å². The average molecular weight is 298 g/mol. The first kappa shape index (κ1) is 15.9. The molecule has 0 heterocycles. The van der Waals surface area contributed by atoms with Crippen LogP contribution in [0, 0.1) is 23.7 Å². The van der Waals surface area contributed by atoms with Crippen molar-refractivity contribution in [3.63, 3.8) is 0 Å². The summed E-state index contributed by atoms with van der Waals surface area (Å²) < 4.78 is 0. The van der Waals surface area contributed by atoms with Gasteiger partial charge in [0.2, 0.25) is 5.91 Å². The van der Waals surface area contributed by atoms with Gasteiger partial charge in [0.1, 0.15) is 5.38 Å². The smallest absolute Gasteiger partial charge is 0.241 e. The van der Waals surface area contributed by atoms with Crippen molar-refractivity contribution in [2.24, 2.45) is 23.7 Å².